The van der Waals surface area contributed by atoms with E-state index in [2.05, 4.69) is 144 Å². The van der Waals surface area contributed by atoms with Crippen molar-refractivity contribution in [3.63, 3.8) is 0 Å². The summed E-state index contributed by atoms with van der Waals surface area (Å²) >= 11 is 1.88. The number of nitrogens with zero attached hydrogens (tertiary/aromatic N) is 1. The van der Waals surface area contributed by atoms with Crippen molar-refractivity contribution in [2.24, 2.45) is 0 Å². The molecule has 0 saturated carbocycles. The van der Waals surface area contributed by atoms with Gasteiger partial charge in [-0.15, -0.1) is 11.3 Å². The maximum absolute atomic E-state index is 2.48. The Labute approximate surface area is 246 Å². The van der Waals surface area contributed by atoms with Gasteiger partial charge in [0.2, 0.25) is 0 Å². The van der Waals surface area contributed by atoms with Gasteiger partial charge in [-0.25, -0.2) is 0 Å². The lowest BCUT2D eigenvalue weighted by atomic mass is 9.93. The molecular weight excluding hydrogens is 527 g/mol. The third kappa shape index (κ3) is 2.87. The predicted octanol–water partition coefficient (Wildman–Crippen LogP) is 11.6. The minimum absolute atomic E-state index is 1.19. The molecule has 0 N–H and O–H groups in total. The molecule has 0 amide bonds. The predicted molar refractivity (Wildman–Crippen MR) is 181 cm³/mol. The van der Waals surface area contributed by atoms with Gasteiger partial charge in [-0.1, -0.05) is 103 Å². The van der Waals surface area contributed by atoms with Gasteiger partial charge in [-0.05, 0) is 80.6 Å². The fourth-order valence-electron chi connectivity index (χ4n) is 7.43. The molecule has 194 valence electrons. The van der Waals surface area contributed by atoms with E-state index in [0.717, 1.165) is 0 Å². The Morgan fingerprint density at radius 3 is 1.98 bits per heavy atom. The molecule has 10 rings (SSSR count). The first kappa shape index (κ1) is 22.5. The quantitative estimate of drug-likeness (QED) is 0.202. The van der Waals surface area contributed by atoms with Gasteiger partial charge in [0.05, 0.1) is 11.0 Å². The first-order chi connectivity index (χ1) is 20.8. The van der Waals surface area contributed by atoms with E-state index in [0.29, 0.717) is 0 Å². The van der Waals surface area contributed by atoms with E-state index in [1.165, 1.54) is 91.8 Å². The number of fused-ring (bicyclic) bond motifs is 6. The molecule has 0 unspecified atom stereocenters. The zero-order valence-corrected chi connectivity index (χ0v) is 23.5. The van der Waals surface area contributed by atoms with Crippen LogP contribution in [0.1, 0.15) is 0 Å². The zero-order valence-electron chi connectivity index (χ0n) is 22.6. The van der Waals surface area contributed by atoms with E-state index in [1.54, 1.807) is 0 Å². The second-order valence-corrected chi connectivity index (χ2v) is 12.4. The Balaban J connectivity index is 1.32. The highest BCUT2D eigenvalue weighted by atomic mass is 32.1. The normalized spacial score (nSPS) is 12.3. The highest BCUT2D eigenvalue weighted by Crippen LogP contribution is 2.49. The van der Waals surface area contributed by atoms with Gasteiger partial charge in [-0.3, -0.25) is 0 Å². The maximum atomic E-state index is 2.48. The minimum atomic E-state index is 1.19. The van der Waals surface area contributed by atoms with Crippen LogP contribution in [0.25, 0.3) is 91.8 Å². The van der Waals surface area contributed by atoms with Gasteiger partial charge < -0.3 is 4.57 Å². The van der Waals surface area contributed by atoms with Crippen molar-refractivity contribution in [3.8, 4) is 39.1 Å². The molecule has 7 aromatic carbocycles. The van der Waals surface area contributed by atoms with Gasteiger partial charge in [0.25, 0.3) is 0 Å². The average molecular weight is 550 g/mol. The standard InChI is InChI=1S/C40H23NS/c1-2-13-29-28(12-1)30-16-6-9-24-21-22-34-40(37(24)30)39-31(29)17-7-18-33(39)41(34)26-11-5-10-25(23-26)27-15-8-20-36-38(27)32-14-3-4-19-35(32)42-36/h1-23H. The summed E-state index contributed by atoms with van der Waals surface area (Å²) in [5, 5.41) is 8.01. The summed E-state index contributed by atoms with van der Waals surface area (Å²) in [7, 11) is 0. The van der Waals surface area contributed by atoms with E-state index >= 15 is 0 Å². The molecule has 0 aliphatic heterocycles. The van der Waals surface area contributed by atoms with Crippen molar-refractivity contribution in [3.05, 3.63) is 140 Å². The minimum Gasteiger partial charge on any atom is -0.309 e. The molecule has 42 heavy (non-hydrogen) atoms. The average Bonchev–Trinajstić information content (AvgIpc) is 3.56. The molecule has 0 fully saturated rings. The van der Waals surface area contributed by atoms with E-state index in [1.807, 2.05) is 11.3 Å². The van der Waals surface area contributed by atoms with Crippen LogP contribution in [0, 0.1) is 0 Å². The molecule has 0 atom stereocenters. The van der Waals surface area contributed by atoms with Crippen molar-refractivity contribution in [2.75, 3.05) is 0 Å². The summed E-state index contributed by atoms with van der Waals surface area (Å²) in [5.41, 5.74) is 11.4. The highest BCUT2D eigenvalue weighted by molar-refractivity contribution is 7.25. The maximum Gasteiger partial charge on any atom is 0.0548 e. The number of aromatic nitrogens is 1. The molecule has 0 radical (unpaired) electrons. The Morgan fingerprint density at radius 2 is 1.07 bits per heavy atom. The van der Waals surface area contributed by atoms with Crippen LogP contribution in [-0.4, -0.2) is 4.57 Å². The van der Waals surface area contributed by atoms with Crippen LogP contribution >= 0.6 is 11.3 Å². The van der Waals surface area contributed by atoms with Gasteiger partial charge in [0, 0.05) is 36.6 Å². The first-order valence-corrected chi connectivity index (χ1v) is 15.3. The summed E-state index contributed by atoms with van der Waals surface area (Å²) in [4.78, 5) is 0. The Bertz CT molecular complexity index is 2580. The smallest absolute Gasteiger partial charge is 0.0548 e. The first-order valence-electron chi connectivity index (χ1n) is 14.4. The fraction of sp³-hybridized carbons (Fsp3) is 0. The SMILES string of the molecule is c1cc(-c2cccc3sc4ccccc4c23)cc(-n2c3cccc4c3c3c5c(cccc5ccc32)-c2ccccc2-4)c1. The van der Waals surface area contributed by atoms with Crippen LogP contribution in [-0.2, 0) is 0 Å². The van der Waals surface area contributed by atoms with Crippen LogP contribution in [0.2, 0.25) is 0 Å². The van der Waals surface area contributed by atoms with Crippen LogP contribution < -0.4 is 0 Å². The molecular formula is C40H23NS. The van der Waals surface area contributed by atoms with Crippen molar-refractivity contribution < 1.29 is 0 Å². The van der Waals surface area contributed by atoms with Gasteiger partial charge in [-0.2, -0.15) is 0 Å². The number of benzene rings is 7. The molecule has 1 aliphatic rings. The van der Waals surface area contributed by atoms with E-state index in [-0.39, 0.29) is 0 Å². The van der Waals surface area contributed by atoms with Crippen LogP contribution in [0.15, 0.2) is 140 Å². The molecule has 9 aromatic rings. The third-order valence-corrected chi connectivity index (χ3v) is 10.3. The second kappa shape index (κ2) is 8.19. The monoisotopic (exact) mass is 549 g/mol. The van der Waals surface area contributed by atoms with E-state index < -0.39 is 0 Å². The largest absolute Gasteiger partial charge is 0.309 e. The van der Waals surface area contributed by atoms with Crippen molar-refractivity contribution in [1.29, 1.82) is 0 Å². The van der Waals surface area contributed by atoms with Crippen molar-refractivity contribution >= 4 is 64.1 Å². The van der Waals surface area contributed by atoms with Crippen LogP contribution in [0.3, 0.4) is 0 Å². The second-order valence-electron chi connectivity index (χ2n) is 11.3. The molecule has 2 heterocycles. The molecule has 2 aromatic heterocycles. The van der Waals surface area contributed by atoms with Gasteiger partial charge >= 0.3 is 0 Å². The van der Waals surface area contributed by atoms with Crippen molar-refractivity contribution in [1.82, 2.24) is 4.57 Å². The summed E-state index contributed by atoms with van der Waals surface area (Å²) in [6.45, 7) is 0. The number of rotatable bonds is 2. The lowest BCUT2D eigenvalue weighted by molar-refractivity contribution is 1.18. The number of thiophene rings is 1. The molecule has 0 bridgehead atoms. The lowest BCUT2D eigenvalue weighted by Crippen LogP contribution is -1.95. The molecule has 0 saturated heterocycles. The lowest BCUT2D eigenvalue weighted by Gasteiger charge is -2.14. The molecule has 1 nitrogen and oxygen atoms in total. The van der Waals surface area contributed by atoms with Crippen LogP contribution in [0.5, 0.6) is 0 Å². The Morgan fingerprint density at radius 1 is 0.405 bits per heavy atom. The van der Waals surface area contributed by atoms with Gasteiger partial charge in [0.1, 0.15) is 0 Å². The third-order valence-electron chi connectivity index (χ3n) is 9.12. The van der Waals surface area contributed by atoms with E-state index in [4.69, 9.17) is 0 Å². The molecule has 2 heteroatoms. The Kier molecular flexibility index (Phi) is 4.39. The summed E-state index contributed by atoms with van der Waals surface area (Å²) in [6, 6.07) is 51.7. The van der Waals surface area contributed by atoms with E-state index in [9.17, 15) is 0 Å². The number of hydrogen-bond acceptors (Lipinski definition) is 1. The fourth-order valence-corrected chi connectivity index (χ4v) is 8.57. The van der Waals surface area contributed by atoms with Gasteiger partial charge in [0.15, 0.2) is 0 Å². The summed E-state index contributed by atoms with van der Waals surface area (Å²) < 4.78 is 5.15. The molecule has 0 spiro atoms. The summed E-state index contributed by atoms with van der Waals surface area (Å²) in [5.74, 6) is 0. The Hall–Kier alpha value is -5.18. The highest BCUT2D eigenvalue weighted by Gasteiger charge is 2.24. The van der Waals surface area contributed by atoms with Crippen LogP contribution in [0.4, 0.5) is 0 Å². The molecule has 1 aliphatic carbocycles. The number of hydrogen-bond donors (Lipinski definition) is 0. The zero-order chi connectivity index (χ0) is 27.4. The van der Waals surface area contributed by atoms with Crippen molar-refractivity contribution in [2.45, 2.75) is 0 Å². The summed E-state index contributed by atoms with van der Waals surface area (Å²) in [6.07, 6.45) is 0. The topological polar surface area (TPSA) is 4.93 Å².